The highest BCUT2D eigenvalue weighted by molar-refractivity contribution is 5.97. The van der Waals surface area contributed by atoms with Gasteiger partial charge in [0.05, 0.1) is 0 Å². The van der Waals surface area contributed by atoms with Crippen molar-refractivity contribution in [2.45, 2.75) is 6.42 Å². The van der Waals surface area contributed by atoms with Crippen LogP contribution in [-0.2, 0) is 11.3 Å². The van der Waals surface area contributed by atoms with Crippen molar-refractivity contribution >= 4 is 11.7 Å². The number of amidine groups is 1. The molecule has 0 bridgehead atoms. The van der Waals surface area contributed by atoms with Crippen LogP contribution in [0.4, 0.5) is 0 Å². The van der Waals surface area contributed by atoms with Gasteiger partial charge < -0.3 is 10.6 Å². The van der Waals surface area contributed by atoms with E-state index in [0.29, 0.717) is 12.3 Å². The molecule has 0 fully saturated rings. The molecule has 1 aromatic rings. The zero-order valence-corrected chi connectivity index (χ0v) is 6.95. The van der Waals surface area contributed by atoms with Crippen molar-refractivity contribution in [3.8, 4) is 0 Å². The summed E-state index contributed by atoms with van der Waals surface area (Å²) in [5, 5.41) is 11.1. The Balaban J connectivity index is 2.51. The van der Waals surface area contributed by atoms with Crippen molar-refractivity contribution in [2.24, 2.45) is 10.9 Å². The number of nitrogens with two attached hydrogens (primary N) is 1. The normalized spacial score (nSPS) is 15.4. The van der Waals surface area contributed by atoms with Crippen molar-refractivity contribution in [2.75, 3.05) is 0 Å². The molecule has 0 aliphatic carbocycles. The van der Waals surface area contributed by atoms with Gasteiger partial charge in [-0.3, -0.25) is 5.41 Å². The van der Waals surface area contributed by atoms with Crippen LogP contribution >= 0.6 is 0 Å². The molecule has 0 aromatic heterocycles. The Morgan fingerprint density at radius 1 is 1.38 bits per heavy atom. The van der Waals surface area contributed by atoms with E-state index in [1.807, 2.05) is 24.3 Å². The van der Waals surface area contributed by atoms with Crippen molar-refractivity contribution in [3.05, 3.63) is 35.4 Å². The van der Waals surface area contributed by atoms with E-state index in [0.717, 1.165) is 11.1 Å². The summed E-state index contributed by atoms with van der Waals surface area (Å²) in [7, 11) is 0. The van der Waals surface area contributed by atoms with Crippen molar-refractivity contribution in [1.82, 2.24) is 0 Å². The Bertz CT molecular complexity index is 384. The zero-order chi connectivity index (χ0) is 9.26. The van der Waals surface area contributed by atoms with Gasteiger partial charge in [0, 0.05) is 12.0 Å². The molecule has 0 unspecified atom stereocenters. The van der Waals surface area contributed by atoms with Crippen LogP contribution in [0.15, 0.2) is 29.4 Å². The first-order valence-corrected chi connectivity index (χ1v) is 3.93. The number of hydrogen-bond donors (Lipinski definition) is 2. The topological polar surface area (TPSA) is 71.5 Å². The number of hydrogen-bond acceptors (Lipinski definition) is 4. The summed E-state index contributed by atoms with van der Waals surface area (Å²) >= 11 is 0. The first kappa shape index (κ1) is 7.79. The predicted molar refractivity (Wildman–Crippen MR) is 49.7 cm³/mol. The number of nitrogens with zero attached hydrogens (tertiary/aromatic N) is 1. The largest absolute Gasteiger partial charge is 0.384 e. The minimum Gasteiger partial charge on any atom is -0.384 e. The van der Waals surface area contributed by atoms with E-state index in [2.05, 4.69) is 5.16 Å². The molecule has 2 rings (SSSR count). The van der Waals surface area contributed by atoms with Crippen LogP contribution in [0.25, 0.3) is 0 Å². The monoisotopic (exact) mass is 175 g/mol. The van der Waals surface area contributed by atoms with Gasteiger partial charge in [-0.15, -0.1) is 0 Å². The summed E-state index contributed by atoms with van der Waals surface area (Å²) in [6, 6.07) is 7.51. The van der Waals surface area contributed by atoms with Gasteiger partial charge in [-0.2, -0.15) is 0 Å². The molecule has 3 N–H and O–H groups in total. The fourth-order valence-electron chi connectivity index (χ4n) is 1.28. The molecule has 1 aromatic carbocycles. The molecule has 1 aliphatic heterocycles. The standard InChI is InChI=1S/C9H9N3O/c10-8-5-6-3-1-2-4-7(6)9(11)13-12-8/h1-4,11H,5H2,(H2,10,12). The lowest BCUT2D eigenvalue weighted by atomic mass is 10.0. The summed E-state index contributed by atoms with van der Waals surface area (Å²) in [4.78, 5) is 4.79. The molecular formula is C9H9N3O. The molecule has 1 aliphatic rings. The fraction of sp³-hybridized carbons (Fsp3) is 0.111. The van der Waals surface area contributed by atoms with Crippen LogP contribution in [0.1, 0.15) is 11.1 Å². The molecule has 13 heavy (non-hydrogen) atoms. The minimum absolute atomic E-state index is 0.0519. The van der Waals surface area contributed by atoms with Gasteiger partial charge in [0.1, 0.15) is 5.84 Å². The highest BCUT2D eigenvalue weighted by Crippen LogP contribution is 2.13. The molecule has 0 saturated carbocycles. The van der Waals surface area contributed by atoms with Crippen LogP contribution in [0.2, 0.25) is 0 Å². The average Bonchev–Trinajstić information content (AvgIpc) is 2.27. The van der Waals surface area contributed by atoms with Gasteiger partial charge in [-0.1, -0.05) is 23.4 Å². The van der Waals surface area contributed by atoms with E-state index in [-0.39, 0.29) is 5.90 Å². The molecule has 66 valence electrons. The Morgan fingerprint density at radius 2 is 2.15 bits per heavy atom. The second-order valence-corrected chi connectivity index (χ2v) is 2.84. The van der Waals surface area contributed by atoms with E-state index in [1.165, 1.54) is 0 Å². The molecule has 0 saturated heterocycles. The smallest absolute Gasteiger partial charge is 0.249 e. The molecule has 0 spiro atoms. The molecule has 0 atom stereocenters. The Hall–Kier alpha value is -1.84. The third kappa shape index (κ3) is 1.38. The maximum Gasteiger partial charge on any atom is 0.249 e. The van der Waals surface area contributed by atoms with Crippen LogP contribution in [0.3, 0.4) is 0 Å². The zero-order valence-electron chi connectivity index (χ0n) is 6.95. The number of nitrogens with one attached hydrogen (secondary N) is 1. The van der Waals surface area contributed by atoms with Crippen LogP contribution in [0.5, 0.6) is 0 Å². The average molecular weight is 175 g/mol. The summed E-state index contributed by atoms with van der Waals surface area (Å²) < 4.78 is 0. The van der Waals surface area contributed by atoms with Gasteiger partial charge in [-0.05, 0) is 11.6 Å². The molecule has 4 nitrogen and oxygen atoms in total. The van der Waals surface area contributed by atoms with Gasteiger partial charge in [0.2, 0.25) is 5.90 Å². The Morgan fingerprint density at radius 3 is 3.00 bits per heavy atom. The summed E-state index contributed by atoms with van der Waals surface area (Å²) in [6.45, 7) is 0. The third-order valence-corrected chi connectivity index (χ3v) is 1.89. The molecule has 0 amide bonds. The third-order valence-electron chi connectivity index (χ3n) is 1.89. The van der Waals surface area contributed by atoms with Gasteiger partial charge in [0.15, 0.2) is 0 Å². The first-order valence-electron chi connectivity index (χ1n) is 3.93. The Labute approximate surface area is 75.5 Å². The quantitative estimate of drug-likeness (QED) is 0.613. The molecule has 1 heterocycles. The lowest BCUT2D eigenvalue weighted by molar-refractivity contribution is 0.326. The van der Waals surface area contributed by atoms with Crippen molar-refractivity contribution < 1.29 is 4.84 Å². The number of oxime groups is 1. The predicted octanol–water partition coefficient (Wildman–Crippen LogP) is 0.857. The summed E-state index contributed by atoms with van der Waals surface area (Å²) in [5.74, 6) is 0.450. The second-order valence-electron chi connectivity index (χ2n) is 2.84. The maximum atomic E-state index is 7.52. The number of fused-ring (bicyclic) bond motifs is 1. The van der Waals surface area contributed by atoms with E-state index < -0.39 is 0 Å². The van der Waals surface area contributed by atoms with Crippen LogP contribution in [0, 0.1) is 5.41 Å². The summed E-state index contributed by atoms with van der Waals surface area (Å²) in [6.07, 6.45) is 0.540. The molecular weight excluding hydrogens is 166 g/mol. The fourth-order valence-corrected chi connectivity index (χ4v) is 1.28. The molecule has 0 radical (unpaired) electrons. The minimum atomic E-state index is 0.0519. The van der Waals surface area contributed by atoms with E-state index in [1.54, 1.807) is 0 Å². The van der Waals surface area contributed by atoms with Gasteiger partial charge in [0.25, 0.3) is 0 Å². The second kappa shape index (κ2) is 2.90. The SMILES string of the molecule is N=C1ON=C(N)Cc2ccccc21. The first-order chi connectivity index (χ1) is 6.27. The molecule has 4 heteroatoms. The van der Waals surface area contributed by atoms with Gasteiger partial charge >= 0.3 is 0 Å². The van der Waals surface area contributed by atoms with E-state index >= 15 is 0 Å². The lowest BCUT2D eigenvalue weighted by Crippen LogP contribution is -2.14. The van der Waals surface area contributed by atoms with E-state index in [9.17, 15) is 0 Å². The maximum absolute atomic E-state index is 7.52. The highest BCUT2D eigenvalue weighted by Gasteiger charge is 2.13. The van der Waals surface area contributed by atoms with Crippen LogP contribution < -0.4 is 5.73 Å². The number of benzene rings is 1. The van der Waals surface area contributed by atoms with E-state index in [4.69, 9.17) is 16.0 Å². The van der Waals surface area contributed by atoms with Crippen LogP contribution in [-0.4, -0.2) is 11.7 Å². The summed E-state index contributed by atoms with van der Waals surface area (Å²) in [5.41, 5.74) is 7.27. The Kier molecular flexibility index (Phi) is 1.73. The lowest BCUT2D eigenvalue weighted by Gasteiger charge is -2.02. The van der Waals surface area contributed by atoms with Gasteiger partial charge in [-0.25, -0.2) is 0 Å². The highest BCUT2D eigenvalue weighted by atomic mass is 16.6. The van der Waals surface area contributed by atoms with Crippen molar-refractivity contribution in [1.29, 1.82) is 5.41 Å². The number of rotatable bonds is 0. The van der Waals surface area contributed by atoms with Crippen molar-refractivity contribution in [3.63, 3.8) is 0 Å².